The standard InChI is InChI=1S/2CHF3S.Cu/c2*2-1(3,4)5;/h2*5H;/q;;+2/p-2. The van der Waals surface area contributed by atoms with Crippen molar-refractivity contribution in [2.24, 2.45) is 0 Å². The van der Waals surface area contributed by atoms with Gasteiger partial charge in [-0.2, -0.15) is 26.3 Å². The Labute approximate surface area is 80.0 Å². The number of hydrogen-bond acceptors (Lipinski definition) is 2. The van der Waals surface area contributed by atoms with Crippen molar-refractivity contribution < 1.29 is 43.4 Å². The van der Waals surface area contributed by atoms with E-state index >= 15 is 0 Å². The molecular formula is C2CuF6S2. The molecule has 0 aliphatic rings. The molecule has 11 heavy (non-hydrogen) atoms. The SMILES string of the molecule is FC(F)(F)[S-].FC(F)(F)[S-].[Cu+2]. The van der Waals surface area contributed by atoms with Crippen LogP contribution in [0.3, 0.4) is 0 Å². The monoisotopic (exact) mass is 265 g/mol. The fourth-order valence-corrected chi connectivity index (χ4v) is 0. The van der Waals surface area contributed by atoms with Gasteiger partial charge in [0.15, 0.2) is 0 Å². The predicted octanol–water partition coefficient (Wildman–Crippen LogP) is 2.10. The van der Waals surface area contributed by atoms with E-state index < -0.39 is 11.0 Å². The molecule has 0 atom stereocenters. The quantitative estimate of drug-likeness (QED) is 0.374. The molecule has 1 radical (unpaired) electrons. The largest absolute Gasteiger partial charge is 2.00 e. The van der Waals surface area contributed by atoms with Gasteiger partial charge in [0, 0.05) is 0 Å². The van der Waals surface area contributed by atoms with Gasteiger partial charge in [0.25, 0.3) is 11.0 Å². The van der Waals surface area contributed by atoms with Crippen LogP contribution >= 0.6 is 0 Å². The first-order chi connectivity index (χ1) is 4.00. The van der Waals surface area contributed by atoms with E-state index in [1.165, 1.54) is 0 Å². The van der Waals surface area contributed by atoms with Crippen LogP contribution in [0, 0.1) is 0 Å². The Kier molecular flexibility index (Phi) is 10.2. The molecule has 0 aromatic heterocycles. The minimum absolute atomic E-state index is 0. The van der Waals surface area contributed by atoms with Crippen LogP contribution in [-0.2, 0) is 42.3 Å². The normalized spacial score (nSPS) is 10.9. The van der Waals surface area contributed by atoms with Crippen molar-refractivity contribution in [1.29, 1.82) is 0 Å². The molecule has 0 N–H and O–H groups in total. The second kappa shape index (κ2) is 6.33. The van der Waals surface area contributed by atoms with E-state index in [0.29, 0.717) is 0 Å². The molecule has 73 valence electrons. The van der Waals surface area contributed by atoms with Gasteiger partial charge in [-0.3, -0.25) is 0 Å². The summed E-state index contributed by atoms with van der Waals surface area (Å²) in [6.07, 6.45) is 0. The van der Waals surface area contributed by atoms with Gasteiger partial charge in [-0.05, 0) is 0 Å². The van der Waals surface area contributed by atoms with Crippen LogP contribution in [0.2, 0.25) is 0 Å². The zero-order chi connectivity index (χ0) is 9.00. The summed E-state index contributed by atoms with van der Waals surface area (Å²) in [6.45, 7) is 0. The molecule has 0 fully saturated rings. The third kappa shape index (κ3) is 1310. The zero-order valence-electron chi connectivity index (χ0n) is 4.39. The Hall–Kier alpha value is 0.799. The van der Waals surface area contributed by atoms with Gasteiger partial charge in [-0.25, -0.2) is 0 Å². The first kappa shape index (κ1) is 17.8. The van der Waals surface area contributed by atoms with E-state index in [0.717, 1.165) is 0 Å². The summed E-state index contributed by atoms with van der Waals surface area (Å²) in [7, 11) is 0. The Morgan fingerprint density at radius 1 is 0.636 bits per heavy atom. The third-order valence-electron chi connectivity index (χ3n) is 0. The van der Waals surface area contributed by atoms with Crippen molar-refractivity contribution in [1.82, 2.24) is 0 Å². The molecule has 9 heteroatoms. The van der Waals surface area contributed by atoms with Gasteiger partial charge >= 0.3 is 17.1 Å². The summed E-state index contributed by atoms with van der Waals surface area (Å²) in [5.41, 5.74) is -8.83. The van der Waals surface area contributed by atoms with Crippen molar-refractivity contribution in [3.8, 4) is 0 Å². The van der Waals surface area contributed by atoms with Gasteiger partial charge in [0.05, 0.1) is 0 Å². The van der Waals surface area contributed by atoms with Gasteiger partial charge in [-0.15, -0.1) is 0 Å². The molecule has 0 spiro atoms. The summed E-state index contributed by atoms with van der Waals surface area (Å²) in [5, 5.41) is 0. The van der Waals surface area contributed by atoms with E-state index in [2.05, 4.69) is 25.3 Å². The Morgan fingerprint density at radius 3 is 0.636 bits per heavy atom. The Morgan fingerprint density at radius 2 is 0.636 bits per heavy atom. The molecule has 0 aliphatic carbocycles. The number of halogens is 6. The van der Waals surface area contributed by atoms with E-state index in [4.69, 9.17) is 0 Å². The average Bonchev–Trinajstić information content (AvgIpc) is 1.12. The van der Waals surface area contributed by atoms with Crippen molar-refractivity contribution in [3.63, 3.8) is 0 Å². The van der Waals surface area contributed by atoms with Crippen molar-refractivity contribution in [2.45, 2.75) is 11.0 Å². The maximum Gasteiger partial charge on any atom is 2.00 e. The summed E-state index contributed by atoms with van der Waals surface area (Å²) in [4.78, 5) is 0. The Bertz CT molecular complexity index is 61.6. The van der Waals surface area contributed by atoms with Crippen LogP contribution < -0.4 is 0 Å². The van der Waals surface area contributed by atoms with Crippen LogP contribution in [0.15, 0.2) is 0 Å². The molecule has 0 nitrogen and oxygen atoms in total. The maximum atomic E-state index is 10.2. The molecule has 0 saturated heterocycles. The summed E-state index contributed by atoms with van der Waals surface area (Å²) in [5.74, 6) is 0. The van der Waals surface area contributed by atoms with Crippen LogP contribution in [0.1, 0.15) is 0 Å². The Balaban J connectivity index is -0.000000107. The molecule has 0 amide bonds. The van der Waals surface area contributed by atoms with Crippen LogP contribution in [0.25, 0.3) is 0 Å². The number of alkyl halides is 6. The van der Waals surface area contributed by atoms with E-state index in [-0.39, 0.29) is 17.1 Å². The molecule has 0 aromatic rings. The molecule has 0 bridgehead atoms. The zero-order valence-corrected chi connectivity index (χ0v) is 6.96. The van der Waals surface area contributed by atoms with E-state index in [9.17, 15) is 26.3 Å². The molecule has 0 aromatic carbocycles. The first-order valence-electron chi connectivity index (χ1n) is 1.54. The van der Waals surface area contributed by atoms with Crippen molar-refractivity contribution in [2.75, 3.05) is 0 Å². The maximum absolute atomic E-state index is 10.2. The first-order valence-corrected chi connectivity index (χ1v) is 2.36. The summed E-state index contributed by atoms with van der Waals surface area (Å²) >= 11 is 5.65. The topological polar surface area (TPSA) is 0 Å². The van der Waals surface area contributed by atoms with E-state index in [1.54, 1.807) is 0 Å². The van der Waals surface area contributed by atoms with E-state index in [1.807, 2.05) is 0 Å². The fraction of sp³-hybridized carbons (Fsp3) is 1.00. The second-order valence-electron chi connectivity index (χ2n) is 0.891. The summed E-state index contributed by atoms with van der Waals surface area (Å²) in [6, 6.07) is 0. The number of hydrogen-bond donors (Lipinski definition) is 0. The van der Waals surface area contributed by atoms with Gasteiger partial charge in [0.2, 0.25) is 0 Å². The fourth-order valence-electron chi connectivity index (χ4n) is 0. The van der Waals surface area contributed by atoms with Gasteiger partial charge in [-0.1, -0.05) is 0 Å². The smallest absolute Gasteiger partial charge is 0.680 e. The molecule has 0 saturated carbocycles. The number of rotatable bonds is 0. The third-order valence-corrected chi connectivity index (χ3v) is 0. The van der Waals surface area contributed by atoms with Crippen LogP contribution in [-0.4, -0.2) is 11.0 Å². The predicted molar refractivity (Wildman–Crippen MR) is 26.8 cm³/mol. The second-order valence-corrected chi connectivity index (χ2v) is 1.82. The molecule has 0 aliphatic heterocycles. The van der Waals surface area contributed by atoms with Gasteiger partial charge in [0.1, 0.15) is 0 Å². The van der Waals surface area contributed by atoms with Crippen LogP contribution in [0.4, 0.5) is 26.3 Å². The molecular weight excluding hydrogens is 266 g/mol. The summed E-state index contributed by atoms with van der Waals surface area (Å²) < 4.78 is 61.0. The average molecular weight is 266 g/mol. The minimum Gasteiger partial charge on any atom is -0.680 e. The minimum atomic E-state index is -4.42. The molecule has 0 heterocycles. The molecule has 0 unspecified atom stereocenters. The van der Waals surface area contributed by atoms with Crippen molar-refractivity contribution in [3.05, 3.63) is 0 Å². The van der Waals surface area contributed by atoms with Crippen molar-refractivity contribution >= 4 is 25.3 Å². The molecule has 0 rings (SSSR count). The van der Waals surface area contributed by atoms with Crippen LogP contribution in [0.5, 0.6) is 0 Å². The van der Waals surface area contributed by atoms with Gasteiger partial charge < -0.3 is 25.3 Å².